The summed E-state index contributed by atoms with van der Waals surface area (Å²) < 4.78 is 0. The molecule has 132 valence electrons. The minimum atomic E-state index is -0.282. The molecule has 1 aromatic rings. The molecule has 6 nitrogen and oxygen atoms in total. The lowest BCUT2D eigenvalue weighted by atomic mass is 10.2. The normalized spacial score (nSPS) is 23.8. The maximum Gasteiger partial charge on any atom is 0.134 e. The smallest absolute Gasteiger partial charge is 0.134 e. The highest BCUT2D eigenvalue weighted by atomic mass is 16.3. The fourth-order valence-electron chi connectivity index (χ4n) is 3.68. The first kappa shape index (κ1) is 17.2. The third kappa shape index (κ3) is 4.45. The van der Waals surface area contributed by atoms with Gasteiger partial charge < -0.3 is 20.2 Å². The summed E-state index contributed by atoms with van der Waals surface area (Å²) in [6.07, 6.45) is 9.36. The number of nitrogens with zero attached hydrogens (tertiary/aromatic N) is 4. The second-order valence-electron chi connectivity index (χ2n) is 7.15. The predicted molar refractivity (Wildman–Crippen MR) is 97.4 cm³/mol. The van der Waals surface area contributed by atoms with Gasteiger partial charge in [0.2, 0.25) is 0 Å². The molecule has 2 heterocycles. The van der Waals surface area contributed by atoms with Crippen LogP contribution in [0.5, 0.6) is 0 Å². The van der Waals surface area contributed by atoms with Crippen LogP contribution in [-0.2, 0) is 0 Å². The highest BCUT2D eigenvalue weighted by molar-refractivity contribution is 5.50. The minimum Gasteiger partial charge on any atom is -0.391 e. The van der Waals surface area contributed by atoms with E-state index in [0.29, 0.717) is 12.6 Å². The van der Waals surface area contributed by atoms with Gasteiger partial charge in [-0.15, -0.1) is 0 Å². The van der Waals surface area contributed by atoms with Crippen molar-refractivity contribution in [1.82, 2.24) is 14.9 Å². The van der Waals surface area contributed by atoms with Gasteiger partial charge in [0, 0.05) is 31.7 Å². The Kier molecular flexibility index (Phi) is 5.68. The van der Waals surface area contributed by atoms with E-state index in [9.17, 15) is 5.11 Å². The summed E-state index contributed by atoms with van der Waals surface area (Å²) in [5, 5.41) is 13.5. The number of β-amino-alcohol motifs (C(OH)–C–C–N with tert-alkyl or cyclic N) is 1. The number of nitrogens with one attached hydrogen (secondary N) is 1. The number of rotatable bonds is 7. The van der Waals surface area contributed by atoms with Crippen LogP contribution in [0, 0.1) is 0 Å². The Morgan fingerprint density at radius 3 is 3.00 bits per heavy atom. The van der Waals surface area contributed by atoms with Gasteiger partial charge in [-0.1, -0.05) is 11.6 Å². The van der Waals surface area contributed by atoms with Crippen LogP contribution < -0.4 is 10.2 Å². The molecule has 0 spiro atoms. The fraction of sp³-hybridized carbons (Fsp3) is 0.667. The summed E-state index contributed by atoms with van der Waals surface area (Å²) in [6.45, 7) is 2.46. The molecule has 1 aliphatic heterocycles. The topological polar surface area (TPSA) is 64.5 Å². The fourth-order valence-corrected chi connectivity index (χ4v) is 3.68. The molecule has 1 fully saturated rings. The Hall–Kier alpha value is -1.66. The summed E-state index contributed by atoms with van der Waals surface area (Å²) in [7, 11) is 4.13. The lowest BCUT2D eigenvalue weighted by Crippen LogP contribution is -2.38. The Labute approximate surface area is 144 Å². The number of aromatic nitrogens is 2. The molecule has 0 radical (unpaired) electrons. The van der Waals surface area contributed by atoms with Crippen molar-refractivity contribution in [2.24, 2.45) is 0 Å². The second-order valence-corrected chi connectivity index (χ2v) is 7.15. The quantitative estimate of drug-likeness (QED) is 0.744. The molecular formula is C18H29N5O. The van der Waals surface area contributed by atoms with Gasteiger partial charge in [0.1, 0.15) is 18.0 Å². The molecule has 24 heavy (non-hydrogen) atoms. The maximum atomic E-state index is 10.1. The number of aliphatic hydroxyl groups excluding tert-OH is 1. The molecule has 0 aromatic carbocycles. The zero-order chi connectivity index (χ0) is 16.9. The van der Waals surface area contributed by atoms with Gasteiger partial charge in [-0.05, 0) is 46.2 Å². The average Bonchev–Trinajstić information content (AvgIpc) is 3.17. The van der Waals surface area contributed by atoms with Gasteiger partial charge in [0.25, 0.3) is 0 Å². The van der Waals surface area contributed by atoms with Crippen molar-refractivity contribution in [2.45, 2.75) is 44.2 Å². The minimum absolute atomic E-state index is 0.282. The van der Waals surface area contributed by atoms with E-state index < -0.39 is 0 Å². The Bertz CT molecular complexity index is 574. The third-order valence-corrected chi connectivity index (χ3v) is 4.80. The van der Waals surface area contributed by atoms with Crippen LogP contribution in [-0.4, -0.2) is 65.8 Å². The van der Waals surface area contributed by atoms with E-state index in [4.69, 9.17) is 0 Å². The average molecular weight is 331 g/mol. The van der Waals surface area contributed by atoms with Crippen LogP contribution in [0.4, 0.5) is 11.6 Å². The lowest BCUT2D eigenvalue weighted by Gasteiger charge is -2.27. The molecule has 1 aliphatic carbocycles. The number of likely N-dealkylation sites (N-methyl/N-ethyl adjacent to an activating group) is 1. The largest absolute Gasteiger partial charge is 0.391 e. The Morgan fingerprint density at radius 2 is 2.25 bits per heavy atom. The van der Waals surface area contributed by atoms with Crippen molar-refractivity contribution in [3.05, 3.63) is 24.0 Å². The molecule has 1 aromatic heterocycles. The van der Waals surface area contributed by atoms with E-state index in [0.717, 1.165) is 37.6 Å². The third-order valence-electron chi connectivity index (χ3n) is 4.80. The van der Waals surface area contributed by atoms with Gasteiger partial charge in [-0.2, -0.15) is 0 Å². The van der Waals surface area contributed by atoms with Crippen molar-refractivity contribution in [1.29, 1.82) is 0 Å². The van der Waals surface area contributed by atoms with E-state index >= 15 is 0 Å². The summed E-state index contributed by atoms with van der Waals surface area (Å²) >= 11 is 0. The van der Waals surface area contributed by atoms with Crippen LogP contribution in [0.15, 0.2) is 24.0 Å². The highest BCUT2D eigenvalue weighted by Crippen LogP contribution is 2.26. The zero-order valence-corrected chi connectivity index (χ0v) is 14.8. The molecule has 1 saturated heterocycles. The Morgan fingerprint density at radius 1 is 1.38 bits per heavy atom. The Balaban J connectivity index is 1.61. The van der Waals surface area contributed by atoms with Crippen LogP contribution in [0.25, 0.3) is 0 Å². The molecule has 0 unspecified atom stereocenters. The number of hydrogen-bond acceptors (Lipinski definition) is 6. The van der Waals surface area contributed by atoms with E-state index in [1.165, 1.54) is 19.3 Å². The summed E-state index contributed by atoms with van der Waals surface area (Å²) in [6, 6.07) is 2.30. The first-order valence-electron chi connectivity index (χ1n) is 8.95. The number of anilines is 2. The van der Waals surface area contributed by atoms with Gasteiger partial charge >= 0.3 is 0 Å². The van der Waals surface area contributed by atoms with Crippen molar-refractivity contribution in [3.63, 3.8) is 0 Å². The van der Waals surface area contributed by atoms with Gasteiger partial charge in [-0.25, -0.2) is 9.97 Å². The van der Waals surface area contributed by atoms with Crippen molar-refractivity contribution >= 4 is 11.6 Å². The molecule has 3 rings (SSSR count). The number of hydrogen-bond donors (Lipinski definition) is 2. The van der Waals surface area contributed by atoms with Gasteiger partial charge in [0.05, 0.1) is 6.10 Å². The second kappa shape index (κ2) is 7.94. The molecular weight excluding hydrogens is 302 g/mol. The van der Waals surface area contributed by atoms with Gasteiger partial charge in [-0.3, -0.25) is 0 Å². The first-order chi connectivity index (χ1) is 11.6. The van der Waals surface area contributed by atoms with Crippen molar-refractivity contribution in [3.8, 4) is 0 Å². The lowest BCUT2D eigenvalue weighted by molar-refractivity contribution is 0.191. The zero-order valence-electron chi connectivity index (χ0n) is 14.8. The van der Waals surface area contributed by atoms with E-state index in [-0.39, 0.29) is 6.10 Å². The number of allylic oxidation sites excluding steroid dienone is 1. The van der Waals surface area contributed by atoms with Crippen LogP contribution >= 0.6 is 0 Å². The maximum absolute atomic E-state index is 10.1. The first-order valence-corrected chi connectivity index (χ1v) is 8.95. The van der Waals surface area contributed by atoms with Crippen LogP contribution in [0.2, 0.25) is 0 Å². The van der Waals surface area contributed by atoms with Gasteiger partial charge in [0.15, 0.2) is 0 Å². The summed E-state index contributed by atoms with van der Waals surface area (Å²) in [4.78, 5) is 13.1. The van der Waals surface area contributed by atoms with Crippen molar-refractivity contribution < 1.29 is 5.11 Å². The van der Waals surface area contributed by atoms with Crippen LogP contribution in [0.3, 0.4) is 0 Å². The molecule has 0 bridgehead atoms. The van der Waals surface area contributed by atoms with E-state index in [1.807, 2.05) is 6.07 Å². The van der Waals surface area contributed by atoms with Crippen LogP contribution in [0.1, 0.15) is 32.1 Å². The molecule has 0 amide bonds. The molecule has 6 heteroatoms. The molecule has 2 atom stereocenters. The highest BCUT2D eigenvalue weighted by Gasteiger charge is 2.32. The molecule has 2 aliphatic rings. The number of aliphatic hydroxyl groups is 1. The summed E-state index contributed by atoms with van der Waals surface area (Å²) in [5.41, 5.74) is 1.56. The SMILES string of the molecule is CN(C)C[C@H]1C[C@@H](O)CN1c1cc(NCCC2=CCCC2)ncn1. The van der Waals surface area contributed by atoms with E-state index in [1.54, 1.807) is 11.9 Å². The molecule has 2 N–H and O–H groups in total. The molecule has 0 saturated carbocycles. The van der Waals surface area contributed by atoms with E-state index in [2.05, 4.69) is 45.3 Å². The standard InChI is InChI=1S/C18H29N5O/c1-22(2)11-15-9-16(24)12-23(15)18-10-17(20-13-21-18)19-8-7-14-5-3-4-6-14/h5,10,13,15-16,24H,3-4,6-9,11-12H2,1-2H3,(H,19,20,21)/t15-,16-/m1/s1. The predicted octanol–water partition coefficient (Wildman–Crippen LogP) is 1.89. The van der Waals surface area contributed by atoms with Crippen molar-refractivity contribution in [2.75, 3.05) is 43.9 Å². The summed E-state index contributed by atoms with van der Waals surface area (Å²) in [5.74, 6) is 1.76. The monoisotopic (exact) mass is 331 g/mol.